The fraction of sp³-hybridized carbons (Fsp3) is 0.533. The smallest absolute Gasteiger partial charge is 0.337 e. The second-order valence-electron chi connectivity index (χ2n) is 5.22. The Bertz CT molecular complexity index is 478. The van der Waals surface area contributed by atoms with Gasteiger partial charge < -0.3 is 9.84 Å². The lowest BCUT2D eigenvalue weighted by atomic mass is 9.98. The van der Waals surface area contributed by atoms with Gasteiger partial charge in [0.1, 0.15) is 0 Å². The predicted octanol–water partition coefficient (Wildman–Crippen LogP) is 2.33. The molecule has 1 heterocycles. The van der Waals surface area contributed by atoms with E-state index in [0.29, 0.717) is 23.0 Å². The van der Waals surface area contributed by atoms with E-state index in [1.54, 1.807) is 18.2 Å². The van der Waals surface area contributed by atoms with Gasteiger partial charge in [-0.15, -0.1) is 0 Å². The average Bonchev–Trinajstić information content (AvgIpc) is 2.49. The standard InChI is InChI=1S/C15H20ClNO3/c1-20-15(19)12-4-5-14(16)13(7-12)9-17-6-2-3-11(8-17)10-18/h4-5,7,11,18H,2-3,6,8-10H2,1H3. The van der Waals surface area contributed by atoms with Gasteiger partial charge >= 0.3 is 5.97 Å². The molecular formula is C15H20ClNO3. The van der Waals surface area contributed by atoms with Gasteiger partial charge in [-0.2, -0.15) is 0 Å². The number of nitrogens with zero attached hydrogens (tertiary/aromatic N) is 1. The van der Waals surface area contributed by atoms with Crippen molar-refractivity contribution in [2.45, 2.75) is 19.4 Å². The average molecular weight is 298 g/mol. The fourth-order valence-corrected chi connectivity index (χ4v) is 2.80. The fourth-order valence-electron chi connectivity index (χ4n) is 2.63. The maximum atomic E-state index is 11.6. The molecule has 1 N–H and O–H groups in total. The number of esters is 1. The molecule has 1 aliphatic heterocycles. The largest absolute Gasteiger partial charge is 0.465 e. The zero-order valence-electron chi connectivity index (χ0n) is 11.6. The Morgan fingerprint density at radius 2 is 2.35 bits per heavy atom. The van der Waals surface area contributed by atoms with Crippen molar-refractivity contribution in [1.29, 1.82) is 0 Å². The van der Waals surface area contributed by atoms with Gasteiger partial charge in [0, 0.05) is 24.7 Å². The molecule has 0 bridgehead atoms. The molecule has 1 atom stereocenters. The normalized spacial score (nSPS) is 19.9. The first-order valence-corrected chi connectivity index (χ1v) is 7.21. The van der Waals surface area contributed by atoms with Crippen molar-refractivity contribution in [2.24, 2.45) is 5.92 Å². The van der Waals surface area contributed by atoms with Crippen LogP contribution >= 0.6 is 11.6 Å². The molecular weight excluding hydrogens is 278 g/mol. The van der Waals surface area contributed by atoms with E-state index in [9.17, 15) is 9.90 Å². The number of hydrogen-bond donors (Lipinski definition) is 1. The zero-order chi connectivity index (χ0) is 14.5. The first-order valence-electron chi connectivity index (χ1n) is 6.84. The highest BCUT2D eigenvalue weighted by molar-refractivity contribution is 6.31. The minimum Gasteiger partial charge on any atom is -0.465 e. The summed E-state index contributed by atoms with van der Waals surface area (Å²) in [5.74, 6) is -0.0129. The number of benzene rings is 1. The van der Waals surface area contributed by atoms with Gasteiger partial charge in [-0.1, -0.05) is 11.6 Å². The van der Waals surface area contributed by atoms with E-state index in [2.05, 4.69) is 4.90 Å². The summed E-state index contributed by atoms with van der Waals surface area (Å²) in [6, 6.07) is 5.19. The number of ether oxygens (including phenoxy) is 1. The van der Waals surface area contributed by atoms with Crippen LogP contribution in [-0.4, -0.2) is 42.8 Å². The molecule has 5 heteroatoms. The molecule has 1 aliphatic rings. The molecule has 2 rings (SSSR count). The van der Waals surface area contributed by atoms with E-state index in [1.807, 2.05) is 0 Å². The van der Waals surface area contributed by atoms with Gasteiger partial charge in [0.25, 0.3) is 0 Å². The summed E-state index contributed by atoms with van der Waals surface area (Å²) in [6.45, 7) is 2.79. The summed E-state index contributed by atoms with van der Waals surface area (Å²) in [5.41, 5.74) is 1.44. The molecule has 0 aliphatic carbocycles. The summed E-state index contributed by atoms with van der Waals surface area (Å²) in [7, 11) is 1.37. The van der Waals surface area contributed by atoms with E-state index < -0.39 is 0 Å². The molecule has 0 radical (unpaired) electrons. The van der Waals surface area contributed by atoms with Crippen molar-refractivity contribution in [3.05, 3.63) is 34.3 Å². The van der Waals surface area contributed by atoms with Crippen LogP contribution in [0, 0.1) is 5.92 Å². The van der Waals surface area contributed by atoms with Crippen molar-refractivity contribution in [2.75, 3.05) is 26.8 Å². The van der Waals surface area contributed by atoms with Crippen LogP contribution in [0.4, 0.5) is 0 Å². The Morgan fingerprint density at radius 1 is 1.55 bits per heavy atom. The van der Waals surface area contributed by atoms with Gasteiger partial charge in [-0.05, 0) is 49.1 Å². The van der Waals surface area contributed by atoms with Crippen LogP contribution in [0.25, 0.3) is 0 Å². The van der Waals surface area contributed by atoms with Crippen LogP contribution in [0.15, 0.2) is 18.2 Å². The number of likely N-dealkylation sites (tertiary alicyclic amines) is 1. The summed E-state index contributed by atoms with van der Waals surface area (Å²) < 4.78 is 4.73. The second-order valence-corrected chi connectivity index (χ2v) is 5.63. The number of halogens is 1. The van der Waals surface area contributed by atoms with E-state index in [4.69, 9.17) is 16.3 Å². The minimum absolute atomic E-state index is 0.229. The topological polar surface area (TPSA) is 49.8 Å². The molecule has 1 saturated heterocycles. The lowest BCUT2D eigenvalue weighted by Gasteiger charge is -2.32. The van der Waals surface area contributed by atoms with Crippen LogP contribution in [0.5, 0.6) is 0 Å². The van der Waals surface area contributed by atoms with E-state index in [1.165, 1.54) is 7.11 Å². The monoisotopic (exact) mass is 297 g/mol. The number of aliphatic hydroxyl groups excluding tert-OH is 1. The number of aliphatic hydroxyl groups is 1. The SMILES string of the molecule is COC(=O)c1ccc(Cl)c(CN2CCCC(CO)C2)c1. The number of rotatable bonds is 4. The lowest BCUT2D eigenvalue weighted by molar-refractivity contribution is 0.0600. The van der Waals surface area contributed by atoms with Gasteiger partial charge in [-0.3, -0.25) is 4.90 Å². The van der Waals surface area contributed by atoms with Gasteiger partial charge in [0.05, 0.1) is 12.7 Å². The molecule has 4 nitrogen and oxygen atoms in total. The van der Waals surface area contributed by atoms with Crippen molar-refractivity contribution in [3.8, 4) is 0 Å². The summed E-state index contributed by atoms with van der Waals surface area (Å²) in [6.07, 6.45) is 2.16. The van der Waals surface area contributed by atoms with E-state index in [-0.39, 0.29) is 12.6 Å². The highest BCUT2D eigenvalue weighted by Gasteiger charge is 2.20. The second kappa shape index (κ2) is 7.07. The van der Waals surface area contributed by atoms with Gasteiger partial charge in [0.2, 0.25) is 0 Å². The molecule has 0 aromatic heterocycles. The Kier molecular flexibility index (Phi) is 5.40. The van der Waals surface area contributed by atoms with Gasteiger partial charge in [-0.25, -0.2) is 4.79 Å². The Balaban J connectivity index is 2.10. The first-order chi connectivity index (χ1) is 9.63. The summed E-state index contributed by atoms with van der Waals surface area (Å²) >= 11 is 6.21. The minimum atomic E-state index is -0.352. The number of methoxy groups -OCH3 is 1. The Morgan fingerprint density at radius 3 is 3.05 bits per heavy atom. The molecule has 1 unspecified atom stereocenters. The molecule has 20 heavy (non-hydrogen) atoms. The Labute approximate surface area is 124 Å². The number of hydrogen-bond acceptors (Lipinski definition) is 4. The first kappa shape index (κ1) is 15.3. The van der Waals surface area contributed by atoms with Crippen LogP contribution in [0.3, 0.4) is 0 Å². The van der Waals surface area contributed by atoms with Gasteiger partial charge in [0.15, 0.2) is 0 Å². The number of piperidine rings is 1. The van der Waals surface area contributed by atoms with Crippen molar-refractivity contribution in [3.63, 3.8) is 0 Å². The maximum Gasteiger partial charge on any atom is 0.337 e. The molecule has 0 spiro atoms. The lowest BCUT2D eigenvalue weighted by Crippen LogP contribution is -2.36. The highest BCUT2D eigenvalue weighted by Crippen LogP contribution is 2.23. The summed E-state index contributed by atoms with van der Waals surface area (Å²) in [5, 5.41) is 9.92. The molecule has 0 amide bonds. The number of carbonyl (C=O) groups is 1. The molecule has 1 aromatic carbocycles. The van der Waals surface area contributed by atoms with Crippen LogP contribution in [0.1, 0.15) is 28.8 Å². The van der Waals surface area contributed by atoms with Crippen LogP contribution < -0.4 is 0 Å². The number of carbonyl (C=O) groups excluding carboxylic acids is 1. The van der Waals surface area contributed by atoms with Crippen molar-refractivity contribution in [1.82, 2.24) is 4.90 Å². The molecule has 1 aromatic rings. The molecule has 0 saturated carbocycles. The van der Waals surface area contributed by atoms with Crippen LogP contribution in [-0.2, 0) is 11.3 Å². The summed E-state index contributed by atoms with van der Waals surface area (Å²) in [4.78, 5) is 13.8. The molecule has 1 fully saturated rings. The van der Waals surface area contributed by atoms with E-state index in [0.717, 1.165) is 31.5 Å². The van der Waals surface area contributed by atoms with Crippen LogP contribution in [0.2, 0.25) is 5.02 Å². The highest BCUT2D eigenvalue weighted by atomic mass is 35.5. The third-order valence-electron chi connectivity index (χ3n) is 3.72. The third kappa shape index (κ3) is 3.72. The van der Waals surface area contributed by atoms with Crippen molar-refractivity contribution < 1.29 is 14.6 Å². The third-order valence-corrected chi connectivity index (χ3v) is 4.09. The predicted molar refractivity (Wildman–Crippen MR) is 77.9 cm³/mol. The van der Waals surface area contributed by atoms with E-state index >= 15 is 0 Å². The maximum absolute atomic E-state index is 11.6. The zero-order valence-corrected chi connectivity index (χ0v) is 12.4. The molecule has 110 valence electrons. The Hall–Kier alpha value is -1.10. The van der Waals surface area contributed by atoms with Crippen molar-refractivity contribution >= 4 is 17.6 Å². The quantitative estimate of drug-likeness (QED) is 0.867.